The number of carbonyl (C=O) groups is 1. The first-order valence-electron chi connectivity index (χ1n) is 6.74. The number of urea groups is 1. The summed E-state index contributed by atoms with van der Waals surface area (Å²) in [5.41, 5.74) is 0.959. The maximum atomic E-state index is 11.7. The zero-order valence-corrected chi connectivity index (χ0v) is 11.4. The van der Waals surface area contributed by atoms with Crippen molar-refractivity contribution in [2.45, 2.75) is 13.0 Å². The van der Waals surface area contributed by atoms with Gasteiger partial charge >= 0.3 is 6.03 Å². The highest BCUT2D eigenvalue weighted by molar-refractivity contribution is 5.73. The van der Waals surface area contributed by atoms with Crippen LogP contribution in [0.3, 0.4) is 0 Å². The van der Waals surface area contributed by atoms with Gasteiger partial charge in [0, 0.05) is 19.5 Å². The van der Waals surface area contributed by atoms with Crippen LogP contribution in [0.2, 0.25) is 0 Å². The lowest BCUT2D eigenvalue weighted by atomic mass is 10.2. The molecule has 0 saturated carbocycles. The fraction of sp³-hybridized carbons (Fsp3) is 0.267. The van der Waals surface area contributed by atoms with Crippen LogP contribution in [0.4, 0.5) is 4.79 Å². The van der Waals surface area contributed by atoms with Crippen molar-refractivity contribution in [1.82, 2.24) is 10.6 Å². The molecule has 21 heavy (non-hydrogen) atoms. The molecule has 1 aliphatic heterocycles. The summed E-state index contributed by atoms with van der Waals surface area (Å²) in [5.74, 6) is 2.31. The van der Waals surface area contributed by atoms with E-state index in [1.165, 1.54) is 0 Å². The summed E-state index contributed by atoms with van der Waals surface area (Å²) in [5, 5.41) is 5.57. The lowest BCUT2D eigenvalue weighted by molar-refractivity contribution is 0.174. The zero-order chi connectivity index (χ0) is 14.5. The predicted molar refractivity (Wildman–Crippen MR) is 75.2 cm³/mol. The fourth-order valence-corrected chi connectivity index (χ4v) is 2.05. The van der Waals surface area contributed by atoms with Crippen LogP contribution in [0, 0.1) is 0 Å². The maximum absolute atomic E-state index is 11.7. The van der Waals surface area contributed by atoms with E-state index in [9.17, 15) is 4.79 Å². The van der Waals surface area contributed by atoms with E-state index in [2.05, 4.69) is 10.6 Å². The summed E-state index contributed by atoms with van der Waals surface area (Å²) in [7, 11) is 0. The van der Waals surface area contributed by atoms with Gasteiger partial charge < -0.3 is 24.5 Å². The van der Waals surface area contributed by atoms with Crippen LogP contribution in [-0.4, -0.2) is 19.4 Å². The minimum absolute atomic E-state index is 0.209. The first-order valence-corrected chi connectivity index (χ1v) is 6.74. The van der Waals surface area contributed by atoms with E-state index in [1.807, 2.05) is 30.3 Å². The van der Waals surface area contributed by atoms with Crippen molar-refractivity contribution in [2.24, 2.45) is 0 Å². The lowest BCUT2D eigenvalue weighted by Crippen LogP contribution is -2.36. The van der Waals surface area contributed by atoms with Crippen molar-refractivity contribution in [3.8, 4) is 11.5 Å². The monoisotopic (exact) mass is 288 g/mol. The summed E-state index contributed by atoms with van der Waals surface area (Å²) in [6.07, 6.45) is 2.29. The number of hydrogen-bond donors (Lipinski definition) is 2. The van der Waals surface area contributed by atoms with E-state index < -0.39 is 0 Å². The van der Waals surface area contributed by atoms with Gasteiger partial charge in [0.25, 0.3) is 0 Å². The molecule has 2 amide bonds. The summed E-state index contributed by atoms with van der Waals surface area (Å²) in [6.45, 7) is 1.21. The molecule has 0 unspecified atom stereocenters. The van der Waals surface area contributed by atoms with Gasteiger partial charge in [0.1, 0.15) is 5.76 Å². The van der Waals surface area contributed by atoms with Gasteiger partial charge in [-0.05, 0) is 29.8 Å². The highest BCUT2D eigenvalue weighted by atomic mass is 16.7. The Hall–Kier alpha value is -2.63. The number of hydrogen-bond acceptors (Lipinski definition) is 4. The summed E-state index contributed by atoms with van der Waals surface area (Å²) in [4.78, 5) is 11.7. The minimum Gasteiger partial charge on any atom is -0.469 e. The third-order valence-electron chi connectivity index (χ3n) is 3.13. The van der Waals surface area contributed by atoms with Gasteiger partial charge in [-0.25, -0.2) is 4.79 Å². The van der Waals surface area contributed by atoms with Gasteiger partial charge in [0.15, 0.2) is 11.5 Å². The quantitative estimate of drug-likeness (QED) is 0.883. The topological polar surface area (TPSA) is 72.7 Å². The molecule has 2 N–H and O–H groups in total. The number of amides is 2. The van der Waals surface area contributed by atoms with Gasteiger partial charge in [-0.1, -0.05) is 6.07 Å². The van der Waals surface area contributed by atoms with E-state index >= 15 is 0 Å². The van der Waals surface area contributed by atoms with E-state index in [1.54, 1.807) is 6.26 Å². The lowest BCUT2D eigenvalue weighted by Gasteiger charge is -2.07. The van der Waals surface area contributed by atoms with Crippen LogP contribution in [0.5, 0.6) is 11.5 Å². The molecular weight excluding hydrogens is 272 g/mol. The van der Waals surface area contributed by atoms with Crippen LogP contribution in [0.1, 0.15) is 11.3 Å². The third kappa shape index (κ3) is 3.47. The Morgan fingerprint density at radius 2 is 2.05 bits per heavy atom. The molecule has 1 aromatic heterocycles. The molecule has 1 aromatic carbocycles. The van der Waals surface area contributed by atoms with Crippen molar-refractivity contribution in [1.29, 1.82) is 0 Å². The number of nitrogens with one attached hydrogen (secondary N) is 2. The SMILES string of the molecule is O=C(NCCc1ccco1)NCc1ccc2c(c1)OCO2. The summed E-state index contributed by atoms with van der Waals surface area (Å²) < 4.78 is 15.7. The molecule has 6 heteroatoms. The molecule has 1 aliphatic rings. The van der Waals surface area contributed by atoms with Crippen LogP contribution >= 0.6 is 0 Å². The Morgan fingerprint density at radius 1 is 1.14 bits per heavy atom. The molecule has 0 aliphatic carbocycles. The van der Waals surface area contributed by atoms with Crippen molar-refractivity contribution >= 4 is 6.03 Å². The predicted octanol–water partition coefficient (Wildman–Crippen LogP) is 2.05. The van der Waals surface area contributed by atoms with E-state index in [0.717, 1.165) is 17.1 Å². The molecule has 2 heterocycles. The third-order valence-corrected chi connectivity index (χ3v) is 3.13. The Kier molecular flexibility index (Phi) is 3.95. The van der Waals surface area contributed by atoms with E-state index in [-0.39, 0.29) is 12.8 Å². The zero-order valence-electron chi connectivity index (χ0n) is 11.4. The minimum atomic E-state index is -0.209. The molecule has 0 saturated heterocycles. The second-order valence-corrected chi connectivity index (χ2v) is 4.63. The number of carbonyl (C=O) groups excluding carboxylic acids is 1. The van der Waals surface area contributed by atoms with Crippen molar-refractivity contribution in [2.75, 3.05) is 13.3 Å². The van der Waals surface area contributed by atoms with Gasteiger partial charge in [-0.2, -0.15) is 0 Å². The molecule has 0 atom stereocenters. The van der Waals surface area contributed by atoms with Gasteiger partial charge in [-0.3, -0.25) is 0 Å². The van der Waals surface area contributed by atoms with Crippen LogP contribution < -0.4 is 20.1 Å². The van der Waals surface area contributed by atoms with E-state index in [4.69, 9.17) is 13.9 Å². The Bertz CT molecular complexity index is 610. The molecule has 2 aromatic rings. The van der Waals surface area contributed by atoms with Crippen molar-refractivity contribution in [3.05, 3.63) is 47.9 Å². The molecule has 110 valence electrons. The highest BCUT2D eigenvalue weighted by Gasteiger charge is 2.13. The highest BCUT2D eigenvalue weighted by Crippen LogP contribution is 2.32. The molecule has 0 fully saturated rings. The number of ether oxygens (including phenoxy) is 2. The van der Waals surface area contributed by atoms with Crippen molar-refractivity contribution < 1.29 is 18.7 Å². The molecule has 3 rings (SSSR count). The standard InChI is InChI=1S/C15H16N2O4/c18-15(16-6-5-12-2-1-7-19-12)17-9-11-3-4-13-14(8-11)21-10-20-13/h1-4,7-8H,5-6,9-10H2,(H2,16,17,18). The fourth-order valence-electron chi connectivity index (χ4n) is 2.05. The Morgan fingerprint density at radius 3 is 2.90 bits per heavy atom. The first-order chi connectivity index (χ1) is 10.3. The summed E-state index contributed by atoms with van der Waals surface area (Å²) >= 11 is 0. The Labute approximate surface area is 122 Å². The number of fused-ring (bicyclic) bond motifs is 1. The average molecular weight is 288 g/mol. The van der Waals surface area contributed by atoms with Crippen LogP contribution in [0.25, 0.3) is 0 Å². The first kappa shape index (κ1) is 13.4. The summed E-state index contributed by atoms with van der Waals surface area (Å²) in [6, 6.07) is 9.11. The number of rotatable bonds is 5. The largest absolute Gasteiger partial charge is 0.469 e. The molecule has 0 spiro atoms. The second kappa shape index (κ2) is 6.21. The van der Waals surface area contributed by atoms with Gasteiger partial charge in [-0.15, -0.1) is 0 Å². The van der Waals surface area contributed by atoms with Gasteiger partial charge in [0.05, 0.1) is 6.26 Å². The molecule has 6 nitrogen and oxygen atoms in total. The normalized spacial score (nSPS) is 12.2. The molecule has 0 bridgehead atoms. The smallest absolute Gasteiger partial charge is 0.315 e. The maximum Gasteiger partial charge on any atom is 0.315 e. The molecular formula is C15H16N2O4. The molecule has 0 radical (unpaired) electrons. The van der Waals surface area contributed by atoms with Gasteiger partial charge in [0.2, 0.25) is 6.79 Å². The van der Waals surface area contributed by atoms with Crippen LogP contribution in [0.15, 0.2) is 41.0 Å². The van der Waals surface area contributed by atoms with Crippen LogP contribution in [-0.2, 0) is 13.0 Å². The Balaban J connectivity index is 1.41. The number of benzene rings is 1. The average Bonchev–Trinajstić information content (AvgIpc) is 3.15. The second-order valence-electron chi connectivity index (χ2n) is 4.63. The number of furan rings is 1. The van der Waals surface area contributed by atoms with E-state index in [0.29, 0.717) is 25.3 Å². The van der Waals surface area contributed by atoms with Crippen molar-refractivity contribution in [3.63, 3.8) is 0 Å².